The lowest BCUT2D eigenvalue weighted by Gasteiger charge is -2.21. The van der Waals surface area contributed by atoms with Crippen LogP contribution in [0.3, 0.4) is 0 Å². The Kier molecular flexibility index (Phi) is 4.94. The Hall–Kier alpha value is -2.49. The zero-order chi connectivity index (χ0) is 18.9. The summed E-state index contributed by atoms with van der Waals surface area (Å²) in [5.74, 6) is 1.73. The van der Waals surface area contributed by atoms with E-state index in [4.69, 9.17) is 9.47 Å². The van der Waals surface area contributed by atoms with Gasteiger partial charge >= 0.3 is 0 Å². The van der Waals surface area contributed by atoms with Crippen LogP contribution in [0.4, 0.5) is 5.69 Å². The maximum Gasteiger partial charge on any atom is 0.235 e. The number of aryl methyl sites for hydroxylation is 1. The Morgan fingerprint density at radius 3 is 2.35 bits per heavy atom. The number of ether oxygens (including phenoxy) is 2. The minimum absolute atomic E-state index is 0.0564. The van der Waals surface area contributed by atoms with Gasteiger partial charge in [0.1, 0.15) is 0 Å². The summed E-state index contributed by atoms with van der Waals surface area (Å²) in [5, 5.41) is 3.22. The highest BCUT2D eigenvalue weighted by Crippen LogP contribution is 2.51. The predicted molar refractivity (Wildman–Crippen MR) is 104 cm³/mol. The minimum Gasteiger partial charge on any atom is -0.493 e. The molecule has 1 amide bonds. The van der Waals surface area contributed by atoms with Crippen LogP contribution in [-0.2, 0) is 10.2 Å². The van der Waals surface area contributed by atoms with E-state index in [1.54, 1.807) is 14.2 Å². The maximum atomic E-state index is 13.2. The average Bonchev–Trinajstić information content (AvgIpc) is 3.44. The number of nitrogens with one attached hydrogen (secondary N) is 1. The first-order valence-corrected chi connectivity index (χ1v) is 9.06. The molecule has 1 saturated carbocycles. The van der Waals surface area contributed by atoms with Crippen LogP contribution in [-0.4, -0.2) is 20.1 Å². The van der Waals surface area contributed by atoms with Gasteiger partial charge in [-0.05, 0) is 54.5 Å². The van der Waals surface area contributed by atoms with Gasteiger partial charge in [-0.1, -0.05) is 38.1 Å². The van der Waals surface area contributed by atoms with Crippen molar-refractivity contribution in [2.45, 2.75) is 44.9 Å². The van der Waals surface area contributed by atoms with Gasteiger partial charge in [0.2, 0.25) is 5.91 Å². The lowest BCUT2D eigenvalue weighted by atomic mass is 9.93. The van der Waals surface area contributed by atoms with Gasteiger partial charge in [-0.15, -0.1) is 0 Å². The van der Waals surface area contributed by atoms with Crippen molar-refractivity contribution in [2.24, 2.45) is 0 Å². The van der Waals surface area contributed by atoms with Crippen molar-refractivity contribution in [3.8, 4) is 11.5 Å². The molecule has 0 aliphatic heterocycles. The second-order valence-electron chi connectivity index (χ2n) is 7.30. The number of carbonyl (C=O) groups excluding carboxylic acids is 1. The number of anilines is 1. The van der Waals surface area contributed by atoms with Gasteiger partial charge in [-0.25, -0.2) is 0 Å². The summed E-state index contributed by atoms with van der Waals surface area (Å²) in [6.07, 6.45) is 1.69. The van der Waals surface area contributed by atoms with Crippen molar-refractivity contribution in [1.29, 1.82) is 0 Å². The smallest absolute Gasteiger partial charge is 0.235 e. The zero-order valence-electron chi connectivity index (χ0n) is 16.2. The van der Waals surface area contributed by atoms with Crippen LogP contribution in [0.15, 0.2) is 36.4 Å². The molecule has 2 aromatic carbocycles. The van der Waals surface area contributed by atoms with Crippen molar-refractivity contribution < 1.29 is 14.3 Å². The molecule has 4 nitrogen and oxygen atoms in total. The third-order valence-electron chi connectivity index (χ3n) is 5.29. The van der Waals surface area contributed by atoms with Gasteiger partial charge in [0.05, 0.1) is 19.6 Å². The van der Waals surface area contributed by atoms with Crippen LogP contribution >= 0.6 is 0 Å². The lowest BCUT2D eigenvalue weighted by molar-refractivity contribution is -0.118. The standard InChI is InChI=1S/C22H27NO3/c1-14(2)17-8-6-7-15(3)20(17)23-21(24)22(11-12-22)16-9-10-18(25-4)19(13-16)26-5/h6-10,13-14H,11-12H2,1-5H3,(H,23,24). The van der Waals surface area contributed by atoms with Gasteiger partial charge in [-0.3, -0.25) is 4.79 Å². The second kappa shape index (κ2) is 7.02. The van der Waals surface area contributed by atoms with E-state index in [0.717, 1.165) is 29.7 Å². The molecule has 1 aliphatic carbocycles. The summed E-state index contributed by atoms with van der Waals surface area (Å²) >= 11 is 0. The Morgan fingerprint density at radius 2 is 1.77 bits per heavy atom. The van der Waals surface area contributed by atoms with Gasteiger partial charge in [0.25, 0.3) is 0 Å². The average molecular weight is 353 g/mol. The van der Waals surface area contributed by atoms with Crippen molar-refractivity contribution in [1.82, 2.24) is 0 Å². The summed E-state index contributed by atoms with van der Waals surface area (Å²) in [7, 11) is 3.23. The second-order valence-corrected chi connectivity index (χ2v) is 7.30. The van der Waals surface area contributed by atoms with E-state index in [2.05, 4.69) is 25.2 Å². The number of methoxy groups -OCH3 is 2. The molecule has 1 fully saturated rings. The Morgan fingerprint density at radius 1 is 1.08 bits per heavy atom. The van der Waals surface area contributed by atoms with Gasteiger partial charge in [-0.2, -0.15) is 0 Å². The van der Waals surface area contributed by atoms with E-state index >= 15 is 0 Å². The van der Waals surface area contributed by atoms with Crippen LogP contribution in [0.1, 0.15) is 49.3 Å². The fourth-order valence-corrected chi connectivity index (χ4v) is 3.48. The van der Waals surface area contributed by atoms with Gasteiger partial charge in [0.15, 0.2) is 11.5 Å². The normalized spacial score (nSPS) is 14.8. The van der Waals surface area contributed by atoms with Crippen LogP contribution < -0.4 is 14.8 Å². The molecular weight excluding hydrogens is 326 g/mol. The topological polar surface area (TPSA) is 47.6 Å². The fraction of sp³-hybridized carbons (Fsp3) is 0.409. The molecule has 1 N–H and O–H groups in total. The quantitative estimate of drug-likeness (QED) is 0.811. The molecule has 3 rings (SSSR count). The SMILES string of the molecule is COc1ccc(C2(C(=O)Nc3c(C)cccc3C(C)C)CC2)cc1OC. The molecule has 4 heteroatoms. The molecule has 1 aliphatic rings. The first-order chi connectivity index (χ1) is 12.4. The summed E-state index contributed by atoms with van der Waals surface area (Å²) < 4.78 is 10.7. The van der Waals surface area contributed by atoms with Gasteiger partial charge in [0, 0.05) is 5.69 Å². The third kappa shape index (κ3) is 3.16. The molecule has 0 bridgehead atoms. The van der Waals surface area contributed by atoms with Crippen LogP contribution in [0.2, 0.25) is 0 Å². The molecule has 26 heavy (non-hydrogen) atoms. The van der Waals surface area contributed by atoms with E-state index < -0.39 is 5.41 Å². The van der Waals surface area contributed by atoms with Crippen LogP contribution in [0, 0.1) is 6.92 Å². The van der Waals surface area contributed by atoms with Crippen LogP contribution in [0.5, 0.6) is 11.5 Å². The summed E-state index contributed by atoms with van der Waals surface area (Å²) in [5.41, 5.74) is 3.71. The van der Waals surface area contributed by atoms with E-state index in [1.807, 2.05) is 37.3 Å². The summed E-state index contributed by atoms with van der Waals surface area (Å²) in [6.45, 7) is 6.33. The number of hydrogen-bond donors (Lipinski definition) is 1. The molecule has 0 saturated heterocycles. The third-order valence-corrected chi connectivity index (χ3v) is 5.29. The number of benzene rings is 2. The van der Waals surface area contributed by atoms with Gasteiger partial charge < -0.3 is 14.8 Å². The lowest BCUT2D eigenvalue weighted by Crippen LogP contribution is -2.28. The van der Waals surface area contributed by atoms with E-state index in [0.29, 0.717) is 17.4 Å². The minimum atomic E-state index is -0.476. The molecule has 0 radical (unpaired) electrons. The van der Waals surface area contributed by atoms with E-state index in [1.165, 1.54) is 5.56 Å². The monoisotopic (exact) mass is 353 g/mol. The largest absolute Gasteiger partial charge is 0.493 e. The zero-order valence-corrected chi connectivity index (χ0v) is 16.2. The maximum absolute atomic E-state index is 13.2. The fourth-order valence-electron chi connectivity index (χ4n) is 3.48. The van der Waals surface area contributed by atoms with Crippen LogP contribution in [0.25, 0.3) is 0 Å². The number of amides is 1. The summed E-state index contributed by atoms with van der Waals surface area (Å²) in [6, 6.07) is 11.9. The van der Waals surface area contributed by atoms with Crippen molar-refractivity contribution >= 4 is 11.6 Å². The highest BCUT2D eigenvalue weighted by Gasteiger charge is 2.51. The molecule has 2 aromatic rings. The molecule has 138 valence electrons. The number of hydrogen-bond acceptors (Lipinski definition) is 3. The highest BCUT2D eigenvalue weighted by molar-refractivity contribution is 6.02. The molecule has 0 heterocycles. The molecule has 0 spiro atoms. The van der Waals surface area contributed by atoms with E-state index in [9.17, 15) is 4.79 Å². The Labute approximate surface area is 155 Å². The molecule has 0 aromatic heterocycles. The number of carbonyl (C=O) groups is 1. The summed E-state index contributed by atoms with van der Waals surface area (Å²) in [4.78, 5) is 13.2. The molecular formula is C22H27NO3. The Bertz CT molecular complexity index is 822. The number of para-hydroxylation sites is 1. The van der Waals surface area contributed by atoms with Crippen molar-refractivity contribution in [2.75, 3.05) is 19.5 Å². The van der Waals surface area contributed by atoms with Crippen molar-refractivity contribution in [3.63, 3.8) is 0 Å². The van der Waals surface area contributed by atoms with Crippen molar-refractivity contribution in [3.05, 3.63) is 53.1 Å². The number of rotatable bonds is 6. The first-order valence-electron chi connectivity index (χ1n) is 9.06. The predicted octanol–water partition coefficient (Wildman–Crippen LogP) is 4.81. The first kappa shape index (κ1) is 18.3. The Balaban J connectivity index is 1.92. The van der Waals surface area contributed by atoms with E-state index in [-0.39, 0.29) is 5.91 Å². The highest BCUT2D eigenvalue weighted by atomic mass is 16.5. The molecule has 0 atom stereocenters. The molecule has 0 unspecified atom stereocenters.